The van der Waals surface area contributed by atoms with E-state index in [1.54, 1.807) is 23.5 Å². The van der Waals surface area contributed by atoms with E-state index in [0.717, 1.165) is 21.3 Å². The number of carbonyl (C=O) groups excluding carboxylic acids is 2. The van der Waals surface area contributed by atoms with Crippen LogP contribution in [-0.4, -0.2) is 43.3 Å². The van der Waals surface area contributed by atoms with Crippen molar-refractivity contribution in [1.29, 1.82) is 0 Å². The van der Waals surface area contributed by atoms with Crippen LogP contribution in [-0.2, 0) is 19.4 Å². The van der Waals surface area contributed by atoms with Crippen molar-refractivity contribution in [2.75, 3.05) is 34.0 Å². The molecule has 3 heterocycles. The fourth-order valence-electron chi connectivity index (χ4n) is 4.26. The van der Waals surface area contributed by atoms with E-state index in [0.29, 0.717) is 16.5 Å². The summed E-state index contributed by atoms with van der Waals surface area (Å²) in [4.78, 5) is 32.3. The minimum absolute atomic E-state index is 0. The number of hydrogen-bond donors (Lipinski definition) is 2. The number of thiazole rings is 1. The van der Waals surface area contributed by atoms with Crippen molar-refractivity contribution in [2.45, 2.75) is 12.8 Å². The molecule has 1 aliphatic rings. The first-order chi connectivity index (χ1) is 17.3. The van der Waals surface area contributed by atoms with Crippen molar-refractivity contribution in [3.8, 4) is 11.3 Å². The Bertz CT molecular complexity index is 1520. The van der Waals surface area contributed by atoms with Gasteiger partial charge in [-0.2, -0.15) is 0 Å². The standard InChI is InChI=1S/C25H24N4O4S3.ClH/c26-25-28-21(15-35-25)16-1-3-19(4-2-16)27-23(30)14-29(20-5-6-22-18(13-20)7-10-34-22)24(31)17-8-11-36(32,33)12-9-17;/h1-7,10,13,15,17H,8-9,11-12,14H2,(H2,26,28)(H,27,30);1H. The summed E-state index contributed by atoms with van der Waals surface area (Å²) in [5.41, 5.74) is 8.57. The first kappa shape index (κ1) is 27.1. The van der Waals surface area contributed by atoms with Gasteiger partial charge in [-0.1, -0.05) is 12.1 Å². The number of benzene rings is 2. The van der Waals surface area contributed by atoms with Crippen molar-refractivity contribution in [3.63, 3.8) is 0 Å². The molecule has 0 saturated carbocycles. The quantitative estimate of drug-likeness (QED) is 0.339. The Hall–Kier alpha value is -2.99. The molecule has 4 aromatic rings. The van der Waals surface area contributed by atoms with Crippen LogP contribution in [0.2, 0.25) is 0 Å². The molecule has 0 aliphatic carbocycles. The van der Waals surface area contributed by atoms with Crippen LogP contribution in [0.5, 0.6) is 0 Å². The Labute approximate surface area is 228 Å². The van der Waals surface area contributed by atoms with Crippen molar-refractivity contribution in [2.24, 2.45) is 5.92 Å². The number of sulfone groups is 1. The molecule has 37 heavy (non-hydrogen) atoms. The summed E-state index contributed by atoms with van der Waals surface area (Å²) in [7, 11) is -3.11. The number of halogens is 1. The van der Waals surface area contributed by atoms with E-state index in [4.69, 9.17) is 5.73 Å². The Morgan fingerprint density at radius 2 is 1.78 bits per heavy atom. The molecule has 0 bridgehead atoms. The van der Waals surface area contributed by atoms with Gasteiger partial charge in [0.1, 0.15) is 16.4 Å². The van der Waals surface area contributed by atoms with Gasteiger partial charge in [0.05, 0.1) is 17.2 Å². The van der Waals surface area contributed by atoms with E-state index in [2.05, 4.69) is 10.3 Å². The van der Waals surface area contributed by atoms with Crippen molar-refractivity contribution >= 4 is 83.3 Å². The van der Waals surface area contributed by atoms with E-state index in [1.165, 1.54) is 16.2 Å². The Morgan fingerprint density at radius 3 is 2.46 bits per heavy atom. The number of nitrogens with one attached hydrogen (secondary N) is 1. The number of hydrogen-bond acceptors (Lipinski definition) is 8. The number of aromatic nitrogens is 1. The summed E-state index contributed by atoms with van der Waals surface area (Å²) >= 11 is 2.96. The molecule has 2 amide bonds. The second kappa shape index (κ2) is 11.2. The number of nitrogen functional groups attached to an aromatic ring is 1. The summed E-state index contributed by atoms with van der Waals surface area (Å²) in [6.07, 6.45) is 0.533. The van der Waals surface area contributed by atoms with Crippen molar-refractivity contribution in [3.05, 3.63) is 59.3 Å². The second-order valence-corrected chi connectivity index (χ2v) is 12.8. The third kappa shape index (κ3) is 6.30. The summed E-state index contributed by atoms with van der Waals surface area (Å²) in [5, 5.41) is 8.18. The summed E-state index contributed by atoms with van der Waals surface area (Å²) < 4.78 is 24.8. The number of nitrogens with two attached hydrogens (primary N) is 1. The molecule has 5 rings (SSSR count). The third-order valence-electron chi connectivity index (χ3n) is 6.21. The summed E-state index contributed by atoms with van der Waals surface area (Å²) in [6.45, 7) is -0.178. The lowest BCUT2D eigenvalue weighted by atomic mass is 10.0. The van der Waals surface area contributed by atoms with Crippen LogP contribution in [0.3, 0.4) is 0 Å². The molecule has 0 spiro atoms. The van der Waals surface area contributed by atoms with Crippen molar-refractivity contribution in [1.82, 2.24) is 4.98 Å². The van der Waals surface area contributed by atoms with Crippen LogP contribution in [0, 0.1) is 5.92 Å². The molecule has 1 aliphatic heterocycles. The Kier molecular flexibility index (Phi) is 8.17. The van der Waals surface area contributed by atoms with E-state index < -0.39 is 15.8 Å². The highest BCUT2D eigenvalue weighted by molar-refractivity contribution is 7.91. The molecule has 194 valence electrons. The number of anilines is 3. The van der Waals surface area contributed by atoms with Gasteiger partial charge < -0.3 is 16.0 Å². The molecular weight excluding hydrogens is 552 g/mol. The van der Waals surface area contributed by atoms with Crippen LogP contribution < -0.4 is 16.0 Å². The lowest BCUT2D eigenvalue weighted by molar-refractivity contribution is -0.124. The number of fused-ring (bicyclic) bond motifs is 1. The van der Waals surface area contributed by atoms with Gasteiger partial charge in [0.15, 0.2) is 5.13 Å². The van der Waals surface area contributed by atoms with Crippen LogP contribution in [0.4, 0.5) is 16.5 Å². The Balaban J connectivity index is 0.00000320. The van der Waals surface area contributed by atoms with Gasteiger partial charge in [0, 0.05) is 32.9 Å². The first-order valence-electron chi connectivity index (χ1n) is 11.4. The van der Waals surface area contributed by atoms with Crippen LogP contribution >= 0.6 is 35.1 Å². The van der Waals surface area contributed by atoms with Gasteiger partial charge in [-0.3, -0.25) is 9.59 Å². The second-order valence-electron chi connectivity index (χ2n) is 8.69. The van der Waals surface area contributed by atoms with Gasteiger partial charge in [-0.25, -0.2) is 13.4 Å². The predicted octanol–water partition coefficient (Wildman–Crippen LogP) is 4.83. The highest BCUT2D eigenvalue weighted by Gasteiger charge is 2.32. The van der Waals surface area contributed by atoms with E-state index >= 15 is 0 Å². The number of amides is 2. The molecule has 2 aromatic heterocycles. The van der Waals surface area contributed by atoms with Crippen molar-refractivity contribution < 1.29 is 18.0 Å². The lowest BCUT2D eigenvalue weighted by Gasteiger charge is -2.29. The highest BCUT2D eigenvalue weighted by Crippen LogP contribution is 2.29. The van der Waals surface area contributed by atoms with Gasteiger partial charge in [0.25, 0.3) is 0 Å². The van der Waals surface area contributed by atoms with Crippen LogP contribution in [0.15, 0.2) is 59.3 Å². The molecule has 8 nitrogen and oxygen atoms in total. The molecular formula is C25H25ClN4O4S3. The van der Waals surface area contributed by atoms with Gasteiger partial charge in [-0.15, -0.1) is 35.1 Å². The molecule has 12 heteroatoms. The zero-order valence-corrected chi connectivity index (χ0v) is 22.9. The fourth-order valence-corrected chi connectivity index (χ4v) is 7.10. The molecule has 2 aromatic carbocycles. The number of rotatable bonds is 6. The molecule has 3 N–H and O–H groups in total. The van der Waals surface area contributed by atoms with E-state index in [9.17, 15) is 18.0 Å². The van der Waals surface area contributed by atoms with Crippen LogP contribution in [0.25, 0.3) is 21.3 Å². The monoisotopic (exact) mass is 576 g/mol. The number of nitrogens with zero attached hydrogens (tertiary/aromatic N) is 2. The minimum atomic E-state index is -3.11. The van der Waals surface area contributed by atoms with E-state index in [-0.39, 0.29) is 55.1 Å². The average molecular weight is 577 g/mol. The van der Waals surface area contributed by atoms with Gasteiger partial charge in [0.2, 0.25) is 11.8 Å². The molecule has 0 unspecified atom stereocenters. The van der Waals surface area contributed by atoms with Gasteiger partial charge >= 0.3 is 0 Å². The summed E-state index contributed by atoms with van der Waals surface area (Å²) in [5.74, 6) is -1.04. The summed E-state index contributed by atoms with van der Waals surface area (Å²) in [6, 6.07) is 14.9. The zero-order chi connectivity index (χ0) is 25.3. The zero-order valence-electron chi connectivity index (χ0n) is 19.6. The van der Waals surface area contributed by atoms with Gasteiger partial charge in [-0.05, 0) is 60.0 Å². The van der Waals surface area contributed by atoms with E-state index in [1.807, 2.05) is 47.2 Å². The van der Waals surface area contributed by atoms with Crippen LogP contribution in [0.1, 0.15) is 12.8 Å². The maximum atomic E-state index is 13.5. The SMILES string of the molecule is Cl.Nc1nc(-c2ccc(NC(=O)CN(C(=O)C3CCS(=O)(=O)CC3)c3ccc4sccc4c3)cc2)cs1. The first-order valence-corrected chi connectivity index (χ1v) is 15.0. The maximum absolute atomic E-state index is 13.5. The maximum Gasteiger partial charge on any atom is 0.244 e. The molecule has 1 fully saturated rings. The molecule has 0 radical (unpaired) electrons. The predicted molar refractivity (Wildman–Crippen MR) is 153 cm³/mol. The normalized spacial score (nSPS) is 15.1. The largest absolute Gasteiger partial charge is 0.375 e. The number of thiophene rings is 1. The third-order valence-corrected chi connectivity index (χ3v) is 9.49. The smallest absolute Gasteiger partial charge is 0.244 e. The number of carbonyl (C=O) groups is 2. The lowest BCUT2D eigenvalue weighted by Crippen LogP contribution is -2.43. The fraction of sp³-hybridized carbons (Fsp3) is 0.240. The molecule has 1 saturated heterocycles. The highest BCUT2D eigenvalue weighted by atomic mass is 35.5. The Morgan fingerprint density at radius 1 is 1.05 bits per heavy atom. The topological polar surface area (TPSA) is 122 Å². The minimum Gasteiger partial charge on any atom is -0.375 e. The average Bonchev–Trinajstić information content (AvgIpc) is 3.51. The molecule has 0 atom stereocenters.